The first-order chi connectivity index (χ1) is 13.9. The molecule has 0 aliphatic rings. The molecule has 1 N–H and O–H groups in total. The molecule has 0 aliphatic heterocycles. The molecule has 0 saturated carbocycles. The second-order valence-corrected chi connectivity index (χ2v) is 7.36. The van der Waals surface area contributed by atoms with Crippen LogP contribution in [0.2, 0.25) is 0 Å². The number of nitrogens with zero attached hydrogens (tertiary/aromatic N) is 2. The number of carbonyl (C=O) groups excluding carboxylic acids is 2. The standard InChI is InChI=1S/C24H33N3O2/c1-6-9-10-18-11-13-19(14-12-18)23(28)25-20-15-16-22(26(4)5)21(17-20)24(29)27(7-2)8-3/h11-17H,6-10H2,1-5H3,(H,25,28). The fourth-order valence-electron chi connectivity index (χ4n) is 3.26. The van der Waals surface area contributed by atoms with Gasteiger partial charge in [-0.15, -0.1) is 0 Å². The predicted molar refractivity (Wildman–Crippen MR) is 121 cm³/mol. The molecule has 2 aromatic carbocycles. The van der Waals surface area contributed by atoms with Crippen molar-refractivity contribution in [1.82, 2.24) is 4.90 Å². The molecule has 156 valence electrons. The van der Waals surface area contributed by atoms with Crippen LogP contribution >= 0.6 is 0 Å². The molecule has 0 radical (unpaired) electrons. The second kappa shape index (κ2) is 10.6. The summed E-state index contributed by atoms with van der Waals surface area (Å²) < 4.78 is 0. The van der Waals surface area contributed by atoms with E-state index in [9.17, 15) is 9.59 Å². The van der Waals surface area contributed by atoms with Crippen molar-refractivity contribution in [1.29, 1.82) is 0 Å². The summed E-state index contributed by atoms with van der Waals surface area (Å²) in [5.74, 6) is -0.207. The van der Waals surface area contributed by atoms with Crippen LogP contribution < -0.4 is 10.2 Å². The molecule has 0 fully saturated rings. The Bertz CT molecular complexity index is 825. The zero-order valence-corrected chi connectivity index (χ0v) is 18.3. The Balaban J connectivity index is 2.23. The van der Waals surface area contributed by atoms with E-state index in [4.69, 9.17) is 0 Å². The van der Waals surface area contributed by atoms with Crippen LogP contribution in [-0.4, -0.2) is 43.9 Å². The molecule has 0 saturated heterocycles. The van der Waals surface area contributed by atoms with E-state index in [1.807, 2.05) is 69.2 Å². The summed E-state index contributed by atoms with van der Waals surface area (Å²) >= 11 is 0. The molecular weight excluding hydrogens is 362 g/mol. The quantitative estimate of drug-likeness (QED) is 0.662. The predicted octanol–water partition coefficient (Wildman–Crippen LogP) is 4.83. The van der Waals surface area contributed by atoms with Gasteiger partial charge in [0.1, 0.15) is 0 Å². The SMILES string of the molecule is CCCCc1ccc(C(=O)Nc2ccc(N(C)C)c(C(=O)N(CC)CC)c2)cc1. The Labute approximate surface area is 174 Å². The average molecular weight is 396 g/mol. The summed E-state index contributed by atoms with van der Waals surface area (Å²) in [5, 5.41) is 2.93. The maximum atomic E-state index is 13.0. The number of unbranched alkanes of at least 4 members (excludes halogenated alkanes) is 1. The number of aryl methyl sites for hydroxylation is 1. The first-order valence-corrected chi connectivity index (χ1v) is 10.4. The van der Waals surface area contributed by atoms with E-state index in [1.165, 1.54) is 5.56 Å². The maximum absolute atomic E-state index is 13.0. The lowest BCUT2D eigenvalue weighted by Crippen LogP contribution is -2.31. The number of carbonyl (C=O) groups is 2. The van der Waals surface area contributed by atoms with E-state index in [-0.39, 0.29) is 11.8 Å². The zero-order valence-electron chi connectivity index (χ0n) is 18.3. The summed E-state index contributed by atoms with van der Waals surface area (Å²) in [4.78, 5) is 29.3. The van der Waals surface area contributed by atoms with E-state index in [0.29, 0.717) is 29.9 Å². The van der Waals surface area contributed by atoms with Crippen molar-refractivity contribution in [3.05, 3.63) is 59.2 Å². The van der Waals surface area contributed by atoms with Gasteiger partial charge in [-0.05, 0) is 62.6 Å². The van der Waals surface area contributed by atoms with E-state index in [0.717, 1.165) is 24.9 Å². The van der Waals surface area contributed by atoms with Crippen molar-refractivity contribution in [2.45, 2.75) is 40.0 Å². The van der Waals surface area contributed by atoms with Gasteiger partial charge in [-0.3, -0.25) is 9.59 Å². The summed E-state index contributed by atoms with van der Waals surface area (Å²) in [5.41, 5.74) is 3.89. The highest BCUT2D eigenvalue weighted by Crippen LogP contribution is 2.25. The Hall–Kier alpha value is -2.82. The van der Waals surface area contributed by atoms with Gasteiger partial charge < -0.3 is 15.1 Å². The van der Waals surface area contributed by atoms with Gasteiger partial charge in [0.15, 0.2) is 0 Å². The maximum Gasteiger partial charge on any atom is 0.256 e. The van der Waals surface area contributed by atoms with Crippen LogP contribution in [0.3, 0.4) is 0 Å². The van der Waals surface area contributed by atoms with Crippen LogP contribution in [0.4, 0.5) is 11.4 Å². The molecule has 5 nitrogen and oxygen atoms in total. The van der Waals surface area contributed by atoms with Crippen molar-refractivity contribution in [2.75, 3.05) is 37.4 Å². The normalized spacial score (nSPS) is 10.5. The van der Waals surface area contributed by atoms with Crippen LogP contribution in [0.5, 0.6) is 0 Å². The van der Waals surface area contributed by atoms with Crippen molar-refractivity contribution in [3.8, 4) is 0 Å². The lowest BCUT2D eigenvalue weighted by Gasteiger charge is -2.23. The number of hydrogen-bond acceptors (Lipinski definition) is 3. The van der Waals surface area contributed by atoms with E-state index >= 15 is 0 Å². The van der Waals surface area contributed by atoms with Crippen LogP contribution in [0, 0.1) is 0 Å². The molecule has 2 rings (SSSR count). The highest BCUT2D eigenvalue weighted by molar-refractivity contribution is 6.06. The molecule has 0 aliphatic carbocycles. The van der Waals surface area contributed by atoms with Crippen LogP contribution in [-0.2, 0) is 6.42 Å². The van der Waals surface area contributed by atoms with Gasteiger partial charge in [0, 0.05) is 44.1 Å². The average Bonchev–Trinajstić information content (AvgIpc) is 2.73. The van der Waals surface area contributed by atoms with Gasteiger partial charge in [-0.2, -0.15) is 0 Å². The second-order valence-electron chi connectivity index (χ2n) is 7.36. The first-order valence-electron chi connectivity index (χ1n) is 10.4. The molecule has 0 atom stereocenters. The topological polar surface area (TPSA) is 52.7 Å². The van der Waals surface area contributed by atoms with Crippen molar-refractivity contribution < 1.29 is 9.59 Å². The molecule has 5 heteroatoms. The van der Waals surface area contributed by atoms with Crippen molar-refractivity contribution in [3.63, 3.8) is 0 Å². The number of anilines is 2. The molecule has 0 spiro atoms. The molecule has 0 unspecified atom stereocenters. The first kappa shape index (κ1) is 22.5. The molecule has 0 bridgehead atoms. The van der Waals surface area contributed by atoms with Gasteiger partial charge in [-0.1, -0.05) is 25.5 Å². The number of rotatable bonds is 9. The third kappa shape index (κ3) is 5.83. The Morgan fingerprint density at radius 1 is 0.931 bits per heavy atom. The van der Waals surface area contributed by atoms with E-state index in [1.54, 1.807) is 11.0 Å². The summed E-state index contributed by atoms with van der Waals surface area (Å²) in [6, 6.07) is 13.2. The number of nitrogens with one attached hydrogen (secondary N) is 1. The monoisotopic (exact) mass is 395 g/mol. The van der Waals surface area contributed by atoms with Gasteiger partial charge in [0.2, 0.25) is 0 Å². The zero-order chi connectivity index (χ0) is 21.4. The molecular formula is C24H33N3O2. The highest BCUT2D eigenvalue weighted by Gasteiger charge is 2.19. The number of benzene rings is 2. The third-order valence-corrected chi connectivity index (χ3v) is 5.05. The molecule has 2 amide bonds. The van der Waals surface area contributed by atoms with Gasteiger partial charge >= 0.3 is 0 Å². The minimum Gasteiger partial charge on any atom is -0.377 e. The van der Waals surface area contributed by atoms with Crippen molar-refractivity contribution >= 4 is 23.2 Å². The van der Waals surface area contributed by atoms with E-state index in [2.05, 4.69) is 12.2 Å². The van der Waals surface area contributed by atoms with E-state index < -0.39 is 0 Å². The molecule has 0 heterocycles. The minimum atomic E-state index is -0.175. The smallest absolute Gasteiger partial charge is 0.256 e. The fraction of sp³-hybridized carbons (Fsp3) is 0.417. The lowest BCUT2D eigenvalue weighted by atomic mass is 10.1. The Kier molecular flexibility index (Phi) is 8.25. The number of hydrogen-bond donors (Lipinski definition) is 1. The van der Waals surface area contributed by atoms with Crippen LogP contribution in [0.1, 0.15) is 59.9 Å². The number of amides is 2. The Morgan fingerprint density at radius 3 is 2.14 bits per heavy atom. The largest absolute Gasteiger partial charge is 0.377 e. The van der Waals surface area contributed by atoms with Crippen LogP contribution in [0.15, 0.2) is 42.5 Å². The third-order valence-electron chi connectivity index (χ3n) is 5.05. The fourth-order valence-corrected chi connectivity index (χ4v) is 3.26. The molecule has 0 aromatic heterocycles. The van der Waals surface area contributed by atoms with Crippen LogP contribution in [0.25, 0.3) is 0 Å². The van der Waals surface area contributed by atoms with Crippen molar-refractivity contribution in [2.24, 2.45) is 0 Å². The highest BCUT2D eigenvalue weighted by atomic mass is 16.2. The summed E-state index contributed by atoms with van der Waals surface area (Å²) in [6.07, 6.45) is 3.33. The molecule has 29 heavy (non-hydrogen) atoms. The Morgan fingerprint density at radius 2 is 1.59 bits per heavy atom. The minimum absolute atomic E-state index is 0.0323. The molecule has 2 aromatic rings. The lowest BCUT2D eigenvalue weighted by molar-refractivity contribution is 0.0773. The summed E-state index contributed by atoms with van der Waals surface area (Å²) in [7, 11) is 3.82. The summed E-state index contributed by atoms with van der Waals surface area (Å²) in [6.45, 7) is 7.38. The van der Waals surface area contributed by atoms with Gasteiger partial charge in [0.25, 0.3) is 11.8 Å². The van der Waals surface area contributed by atoms with Gasteiger partial charge in [0.05, 0.1) is 5.56 Å². The van der Waals surface area contributed by atoms with Gasteiger partial charge in [-0.25, -0.2) is 0 Å².